The van der Waals surface area contributed by atoms with E-state index in [2.05, 4.69) is 4.18 Å². The number of nitro benzene ring substituents is 1. The van der Waals surface area contributed by atoms with E-state index >= 15 is 0 Å². The fourth-order valence-electron chi connectivity index (χ4n) is 0.858. The first-order valence-electron chi connectivity index (χ1n) is 3.99. The van der Waals surface area contributed by atoms with Crippen LogP contribution in [0.4, 0.5) is 18.9 Å². The number of halogens is 4. The molecule has 0 saturated heterocycles. The Labute approximate surface area is 103 Å². The van der Waals surface area contributed by atoms with Gasteiger partial charge in [0.25, 0.3) is 5.69 Å². The van der Waals surface area contributed by atoms with Gasteiger partial charge in [-0.2, -0.15) is 21.6 Å². The lowest BCUT2D eigenvalue weighted by molar-refractivity contribution is -0.384. The van der Waals surface area contributed by atoms with Crippen molar-refractivity contribution in [3.8, 4) is 5.75 Å². The Balaban J connectivity index is 3.15. The van der Waals surface area contributed by atoms with Crippen LogP contribution in [0.2, 0.25) is 5.02 Å². The Morgan fingerprint density at radius 2 is 1.89 bits per heavy atom. The van der Waals surface area contributed by atoms with Crippen molar-refractivity contribution in [2.45, 2.75) is 5.51 Å². The van der Waals surface area contributed by atoms with Gasteiger partial charge in [0.15, 0.2) is 0 Å². The van der Waals surface area contributed by atoms with Crippen LogP contribution in [-0.4, -0.2) is 18.8 Å². The van der Waals surface area contributed by atoms with Crippen molar-refractivity contribution < 1.29 is 30.7 Å². The van der Waals surface area contributed by atoms with Gasteiger partial charge in [-0.25, -0.2) is 0 Å². The Morgan fingerprint density at radius 1 is 1.33 bits per heavy atom. The lowest BCUT2D eigenvalue weighted by atomic mass is 10.3. The zero-order chi connectivity index (χ0) is 14.1. The SMILES string of the molecule is O=[N+]([O-])c1cc(OS(=O)(=O)C(F)(F)F)ccc1Cl. The summed E-state index contributed by atoms with van der Waals surface area (Å²) >= 11 is 5.38. The number of benzene rings is 1. The van der Waals surface area contributed by atoms with Crippen molar-refractivity contribution in [2.24, 2.45) is 0 Å². The van der Waals surface area contributed by atoms with Crippen LogP contribution in [0.5, 0.6) is 5.75 Å². The summed E-state index contributed by atoms with van der Waals surface area (Å²) < 4.78 is 60.9. The van der Waals surface area contributed by atoms with Crippen LogP contribution in [0, 0.1) is 10.1 Å². The van der Waals surface area contributed by atoms with E-state index in [-0.39, 0.29) is 5.02 Å². The summed E-state index contributed by atoms with van der Waals surface area (Å²) in [6, 6.07) is 2.09. The second-order valence-electron chi connectivity index (χ2n) is 2.85. The third-order valence-corrected chi connectivity index (χ3v) is 2.90. The van der Waals surface area contributed by atoms with Crippen LogP contribution < -0.4 is 4.18 Å². The quantitative estimate of drug-likeness (QED) is 0.370. The minimum atomic E-state index is -5.87. The molecule has 0 aromatic heterocycles. The van der Waals surface area contributed by atoms with Gasteiger partial charge in [-0.1, -0.05) is 11.6 Å². The van der Waals surface area contributed by atoms with Crippen LogP contribution in [-0.2, 0) is 10.1 Å². The van der Waals surface area contributed by atoms with Gasteiger partial charge in [0.1, 0.15) is 10.8 Å². The average Bonchev–Trinajstić information content (AvgIpc) is 2.18. The van der Waals surface area contributed by atoms with Gasteiger partial charge < -0.3 is 4.18 Å². The summed E-state index contributed by atoms with van der Waals surface area (Å²) in [7, 11) is -5.87. The maximum Gasteiger partial charge on any atom is 0.534 e. The molecule has 0 bridgehead atoms. The summed E-state index contributed by atoms with van der Waals surface area (Å²) in [5.74, 6) is -0.858. The molecule has 1 aromatic carbocycles. The summed E-state index contributed by atoms with van der Waals surface area (Å²) in [5, 5.41) is 10.1. The number of nitrogens with zero attached hydrogens (tertiary/aromatic N) is 1. The minimum Gasteiger partial charge on any atom is -0.376 e. The molecule has 0 saturated carbocycles. The second kappa shape index (κ2) is 4.61. The number of hydrogen-bond acceptors (Lipinski definition) is 5. The smallest absolute Gasteiger partial charge is 0.376 e. The van der Waals surface area contributed by atoms with Crippen LogP contribution in [0.15, 0.2) is 18.2 Å². The molecular weight excluding hydrogens is 303 g/mol. The van der Waals surface area contributed by atoms with Crippen LogP contribution >= 0.6 is 11.6 Å². The molecule has 0 aliphatic carbocycles. The molecule has 0 aliphatic heterocycles. The van der Waals surface area contributed by atoms with Crippen LogP contribution in [0.3, 0.4) is 0 Å². The summed E-state index contributed by atoms with van der Waals surface area (Å²) in [6.45, 7) is 0. The normalized spacial score (nSPS) is 12.2. The van der Waals surface area contributed by atoms with Gasteiger partial charge in [0, 0.05) is 0 Å². The lowest BCUT2D eigenvalue weighted by Gasteiger charge is -2.09. The van der Waals surface area contributed by atoms with Gasteiger partial charge in [0.2, 0.25) is 0 Å². The fraction of sp³-hybridized carbons (Fsp3) is 0.143. The molecule has 11 heteroatoms. The zero-order valence-corrected chi connectivity index (χ0v) is 9.71. The van der Waals surface area contributed by atoms with Crippen molar-refractivity contribution in [3.05, 3.63) is 33.3 Å². The zero-order valence-electron chi connectivity index (χ0n) is 8.14. The predicted molar refractivity (Wildman–Crippen MR) is 53.7 cm³/mol. The number of nitro groups is 1. The van der Waals surface area contributed by atoms with E-state index in [1.165, 1.54) is 0 Å². The van der Waals surface area contributed by atoms with Crippen LogP contribution in [0.25, 0.3) is 0 Å². The molecule has 0 aliphatic rings. The largest absolute Gasteiger partial charge is 0.534 e. The Kier molecular flexibility index (Phi) is 3.72. The van der Waals surface area contributed by atoms with Gasteiger partial charge in [-0.05, 0) is 12.1 Å². The monoisotopic (exact) mass is 305 g/mol. The van der Waals surface area contributed by atoms with E-state index < -0.39 is 32.0 Å². The van der Waals surface area contributed by atoms with Crippen molar-refractivity contribution in [1.82, 2.24) is 0 Å². The van der Waals surface area contributed by atoms with E-state index in [9.17, 15) is 31.7 Å². The number of rotatable bonds is 3. The highest BCUT2D eigenvalue weighted by atomic mass is 35.5. The highest BCUT2D eigenvalue weighted by Crippen LogP contribution is 2.32. The summed E-state index contributed by atoms with van der Waals surface area (Å²) in [5.41, 5.74) is -6.40. The number of hydrogen-bond donors (Lipinski definition) is 0. The summed E-state index contributed by atoms with van der Waals surface area (Å²) in [4.78, 5) is 9.44. The minimum absolute atomic E-state index is 0.364. The van der Waals surface area contributed by atoms with Gasteiger partial charge in [0.05, 0.1) is 11.0 Å². The van der Waals surface area contributed by atoms with Gasteiger partial charge in [-0.3, -0.25) is 10.1 Å². The molecule has 0 heterocycles. The number of alkyl halides is 3. The Hall–Kier alpha value is -1.55. The molecule has 0 atom stereocenters. The maximum absolute atomic E-state index is 12.0. The second-order valence-corrected chi connectivity index (χ2v) is 4.80. The topological polar surface area (TPSA) is 86.5 Å². The van der Waals surface area contributed by atoms with Crippen molar-refractivity contribution in [3.63, 3.8) is 0 Å². The molecule has 0 N–H and O–H groups in total. The molecule has 1 aromatic rings. The van der Waals surface area contributed by atoms with Gasteiger partial charge >= 0.3 is 15.6 Å². The van der Waals surface area contributed by atoms with E-state index in [1.807, 2.05) is 0 Å². The first-order valence-corrected chi connectivity index (χ1v) is 5.78. The van der Waals surface area contributed by atoms with E-state index in [4.69, 9.17) is 11.6 Å². The highest BCUT2D eigenvalue weighted by Gasteiger charge is 2.48. The third-order valence-electron chi connectivity index (χ3n) is 1.60. The molecule has 6 nitrogen and oxygen atoms in total. The Bertz CT molecular complexity index is 585. The molecule has 0 spiro atoms. The standard InChI is InChI=1S/C7H3ClF3NO5S/c8-5-2-1-4(3-6(5)12(13)14)17-18(15,16)7(9,10)11/h1-3H. The molecule has 18 heavy (non-hydrogen) atoms. The van der Waals surface area contributed by atoms with E-state index in [1.54, 1.807) is 0 Å². The van der Waals surface area contributed by atoms with Crippen molar-refractivity contribution >= 4 is 27.4 Å². The first-order chi connectivity index (χ1) is 8.04. The molecule has 0 fully saturated rings. The van der Waals surface area contributed by atoms with Crippen LogP contribution in [0.1, 0.15) is 0 Å². The molecule has 0 unspecified atom stereocenters. The highest BCUT2D eigenvalue weighted by molar-refractivity contribution is 7.88. The van der Waals surface area contributed by atoms with E-state index in [0.29, 0.717) is 6.07 Å². The molecule has 100 valence electrons. The lowest BCUT2D eigenvalue weighted by Crippen LogP contribution is -2.28. The average molecular weight is 306 g/mol. The maximum atomic E-state index is 12.0. The molecular formula is C7H3ClF3NO5S. The fourth-order valence-corrected chi connectivity index (χ4v) is 1.50. The first kappa shape index (κ1) is 14.5. The molecule has 0 amide bonds. The van der Waals surface area contributed by atoms with E-state index in [0.717, 1.165) is 12.1 Å². The Morgan fingerprint density at radius 3 is 2.33 bits per heavy atom. The van der Waals surface area contributed by atoms with Crippen molar-refractivity contribution in [1.29, 1.82) is 0 Å². The third kappa shape index (κ3) is 3.01. The molecule has 1 rings (SSSR count). The van der Waals surface area contributed by atoms with Gasteiger partial charge in [-0.15, -0.1) is 0 Å². The predicted octanol–water partition coefficient (Wildman–Crippen LogP) is 2.48. The molecule has 0 radical (unpaired) electrons. The van der Waals surface area contributed by atoms with Crippen molar-refractivity contribution in [2.75, 3.05) is 0 Å². The summed E-state index contributed by atoms with van der Waals surface area (Å²) in [6.07, 6.45) is 0.